The second-order valence-electron chi connectivity index (χ2n) is 5.12. The van der Waals surface area contributed by atoms with E-state index in [1.165, 1.54) is 4.68 Å². The Labute approximate surface area is 139 Å². The zero-order valence-corrected chi connectivity index (χ0v) is 13.8. The summed E-state index contributed by atoms with van der Waals surface area (Å²) in [5, 5.41) is 14.1. The highest BCUT2D eigenvalue weighted by atomic mass is 32.2. The minimum absolute atomic E-state index is 0.0527. The largest absolute Gasteiger partial charge is 0.267 e. The van der Waals surface area contributed by atoms with E-state index in [4.69, 9.17) is 5.26 Å². The van der Waals surface area contributed by atoms with Crippen LogP contribution in [0.15, 0.2) is 42.6 Å². The maximum Gasteiger partial charge on any atom is 0.233 e. The summed E-state index contributed by atoms with van der Waals surface area (Å²) in [6, 6.07) is 12.8. The van der Waals surface area contributed by atoms with Crippen LogP contribution in [0.4, 0.5) is 5.82 Å². The fourth-order valence-corrected chi connectivity index (χ4v) is 2.97. The summed E-state index contributed by atoms with van der Waals surface area (Å²) in [6.45, 7) is 1.56. The van der Waals surface area contributed by atoms with E-state index in [-0.39, 0.29) is 12.2 Å². The summed E-state index contributed by atoms with van der Waals surface area (Å²) < 4.78 is 27.9. The van der Waals surface area contributed by atoms with Gasteiger partial charge in [-0.15, -0.1) is 0 Å². The first-order valence-electron chi connectivity index (χ1n) is 7.34. The molecule has 0 fully saturated rings. The number of nitrogens with zero attached hydrogens (tertiary/aromatic N) is 4. The molecule has 0 atom stereocenters. The quantitative estimate of drug-likeness (QED) is 0.767. The van der Waals surface area contributed by atoms with Gasteiger partial charge in [0, 0.05) is 17.6 Å². The molecule has 0 aliphatic carbocycles. The second kappa shape index (κ2) is 6.29. The van der Waals surface area contributed by atoms with Gasteiger partial charge in [0.2, 0.25) is 10.0 Å². The summed E-state index contributed by atoms with van der Waals surface area (Å²) in [4.78, 5) is 4.30. The zero-order chi connectivity index (χ0) is 17.2. The van der Waals surface area contributed by atoms with Crippen molar-refractivity contribution in [2.24, 2.45) is 0 Å². The predicted molar refractivity (Wildman–Crippen MR) is 91.3 cm³/mol. The average Bonchev–Trinajstić information content (AvgIpc) is 2.96. The average molecular weight is 341 g/mol. The molecule has 0 aliphatic rings. The van der Waals surface area contributed by atoms with E-state index in [1.54, 1.807) is 25.3 Å². The lowest BCUT2D eigenvalue weighted by molar-refractivity contribution is 0.602. The molecule has 2 aromatic heterocycles. The number of aromatic nitrogens is 3. The first-order chi connectivity index (χ1) is 11.5. The fraction of sp³-hybridized carbons (Fsp3) is 0.188. The third-order valence-electron chi connectivity index (χ3n) is 3.51. The van der Waals surface area contributed by atoms with Gasteiger partial charge in [-0.25, -0.2) is 13.1 Å². The van der Waals surface area contributed by atoms with Crippen LogP contribution < -0.4 is 4.72 Å². The summed E-state index contributed by atoms with van der Waals surface area (Å²) in [5.74, 6) is 0.251. The Kier molecular flexibility index (Phi) is 4.18. The number of rotatable bonds is 5. The molecule has 0 radical (unpaired) electrons. The number of pyridine rings is 1. The van der Waals surface area contributed by atoms with Crippen LogP contribution in [0.2, 0.25) is 0 Å². The maximum atomic E-state index is 12.0. The van der Waals surface area contributed by atoms with Crippen molar-refractivity contribution < 1.29 is 8.42 Å². The van der Waals surface area contributed by atoms with E-state index in [2.05, 4.69) is 14.8 Å². The van der Waals surface area contributed by atoms with Crippen LogP contribution in [0, 0.1) is 11.3 Å². The molecule has 122 valence electrons. The van der Waals surface area contributed by atoms with Crippen molar-refractivity contribution in [2.45, 2.75) is 13.3 Å². The smallest absolute Gasteiger partial charge is 0.233 e. The van der Waals surface area contributed by atoms with Crippen LogP contribution in [-0.4, -0.2) is 28.9 Å². The molecule has 2 heterocycles. The second-order valence-corrected chi connectivity index (χ2v) is 7.13. The standard InChI is InChI=1S/C16H15N5O2S/c1-2-24(22,23)20-16-11-12(8-9-17)19-21(16)15-7-3-6-14-13(15)5-4-10-18-14/h3-7,10-11,20H,2,8H2,1H3. The van der Waals surface area contributed by atoms with Gasteiger partial charge in [0.1, 0.15) is 5.82 Å². The molecular weight excluding hydrogens is 326 g/mol. The third-order valence-corrected chi connectivity index (χ3v) is 4.79. The highest BCUT2D eigenvalue weighted by Gasteiger charge is 2.16. The molecule has 0 spiro atoms. The van der Waals surface area contributed by atoms with Crippen molar-refractivity contribution in [2.75, 3.05) is 10.5 Å². The molecule has 1 aromatic carbocycles. The third kappa shape index (κ3) is 3.07. The van der Waals surface area contributed by atoms with Gasteiger partial charge in [0.15, 0.2) is 0 Å². The summed E-state index contributed by atoms with van der Waals surface area (Å²) in [6.07, 6.45) is 1.79. The zero-order valence-electron chi connectivity index (χ0n) is 13.0. The van der Waals surface area contributed by atoms with Gasteiger partial charge in [-0.1, -0.05) is 6.07 Å². The highest BCUT2D eigenvalue weighted by Crippen LogP contribution is 2.25. The van der Waals surface area contributed by atoms with Gasteiger partial charge >= 0.3 is 0 Å². The number of hydrogen-bond donors (Lipinski definition) is 1. The minimum atomic E-state index is -3.47. The first kappa shape index (κ1) is 16.0. The van der Waals surface area contributed by atoms with Crippen LogP contribution in [0.1, 0.15) is 12.6 Å². The Morgan fingerprint density at radius 2 is 2.12 bits per heavy atom. The van der Waals surface area contributed by atoms with Crippen molar-refractivity contribution >= 4 is 26.7 Å². The van der Waals surface area contributed by atoms with Crippen molar-refractivity contribution in [3.8, 4) is 11.8 Å². The molecule has 7 nitrogen and oxygen atoms in total. The van der Waals surface area contributed by atoms with Gasteiger partial charge in [0.05, 0.1) is 35.1 Å². The van der Waals surface area contributed by atoms with E-state index in [9.17, 15) is 8.42 Å². The molecule has 8 heteroatoms. The number of anilines is 1. The predicted octanol–water partition coefficient (Wildman–Crippen LogP) is 2.25. The normalized spacial score (nSPS) is 11.3. The van der Waals surface area contributed by atoms with Gasteiger partial charge in [-0.05, 0) is 31.2 Å². The van der Waals surface area contributed by atoms with Crippen LogP contribution in [0.3, 0.4) is 0 Å². The minimum Gasteiger partial charge on any atom is -0.267 e. The molecule has 3 aromatic rings. The van der Waals surface area contributed by atoms with E-state index < -0.39 is 10.0 Å². The number of fused-ring (bicyclic) bond motifs is 1. The van der Waals surface area contributed by atoms with Gasteiger partial charge in [-0.3, -0.25) is 9.71 Å². The monoisotopic (exact) mass is 341 g/mol. The molecule has 3 rings (SSSR count). The van der Waals surface area contributed by atoms with E-state index >= 15 is 0 Å². The number of nitrogens with one attached hydrogen (secondary N) is 1. The molecule has 0 unspecified atom stereocenters. The van der Waals surface area contributed by atoms with Gasteiger partial charge in [0.25, 0.3) is 0 Å². The molecule has 1 N–H and O–H groups in total. The molecule has 0 amide bonds. The number of hydrogen-bond acceptors (Lipinski definition) is 5. The SMILES string of the molecule is CCS(=O)(=O)Nc1cc(CC#N)nn1-c1cccc2ncccc12. The molecular formula is C16H15N5O2S. The Hall–Kier alpha value is -2.92. The van der Waals surface area contributed by atoms with Crippen LogP contribution in [-0.2, 0) is 16.4 Å². The fourth-order valence-electron chi connectivity index (χ4n) is 2.36. The topological polar surface area (TPSA) is 101 Å². The van der Waals surface area contributed by atoms with E-state index in [0.29, 0.717) is 17.2 Å². The lowest BCUT2D eigenvalue weighted by Crippen LogP contribution is -2.17. The lowest BCUT2D eigenvalue weighted by atomic mass is 10.2. The number of benzene rings is 1. The Morgan fingerprint density at radius 1 is 1.29 bits per heavy atom. The summed E-state index contributed by atoms with van der Waals surface area (Å²) in [5.41, 5.74) is 1.96. The Balaban J connectivity index is 2.20. The van der Waals surface area contributed by atoms with Crippen molar-refractivity contribution in [3.05, 3.63) is 48.3 Å². The first-order valence-corrected chi connectivity index (χ1v) is 9.00. The Bertz CT molecular complexity index is 1030. The molecule has 0 saturated carbocycles. The van der Waals surface area contributed by atoms with Crippen molar-refractivity contribution in [3.63, 3.8) is 0 Å². The lowest BCUT2D eigenvalue weighted by Gasteiger charge is -2.11. The summed E-state index contributed by atoms with van der Waals surface area (Å²) in [7, 11) is -3.47. The van der Waals surface area contributed by atoms with E-state index in [1.807, 2.05) is 30.3 Å². The molecule has 0 saturated heterocycles. The Morgan fingerprint density at radius 3 is 2.88 bits per heavy atom. The van der Waals surface area contributed by atoms with Crippen LogP contribution >= 0.6 is 0 Å². The highest BCUT2D eigenvalue weighted by molar-refractivity contribution is 7.92. The maximum absolute atomic E-state index is 12.0. The number of nitriles is 1. The van der Waals surface area contributed by atoms with Crippen LogP contribution in [0.25, 0.3) is 16.6 Å². The number of sulfonamides is 1. The van der Waals surface area contributed by atoms with Crippen molar-refractivity contribution in [1.29, 1.82) is 5.26 Å². The van der Waals surface area contributed by atoms with Gasteiger partial charge < -0.3 is 0 Å². The molecule has 0 aliphatic heterocycles. The van der Waals surface area contributed by atoms with Crippen molar-refractivity contribution in [1.82, 2.24) is 14.8 Å². The molecule has 0 bridgehead atoms. The van der Waals surface area contributed by atoms with Crippen LogP contribution in [0.5, 0.6) is 0 Å². The van der Waals surface area contributed by atoms with E-state index in [0.717, 1.165) is 10.9 Å². The molecule has 24 heavy (non-hydrogen) atoms. The van der Waals surface area contributed by atoms with Gasteiger partial charge in [-0.2, -0.15) is 10.4 Å². The summed E-state index contributed by atoms with van der Waals surface area (Å²) >= 11 is 0.